The van der Waals surface area contributed by atoms with Crippen molar-refractivity contribution in [1.82, 2.24) is 4.98 Å². The first-order valence-electron chi connectivity index (χ1n) is 7.67. The molecule has 0 amide bonds. The average Bonchev–Trinajstić information content (AvgIpc) is 2.55. The third kappa shape index (κ3) is 2.13. The van der Waals surface area contributed by atoms with Crippen molar-refractivity contribution in [1.29, 1.82) is 0 Å². The van der Waals surface area contributed by atoms with Gasteiger partial charge in [0.1, 0.15) is 23.2 Å². The Labute approximate surface area is 127 Å². The molecule has 2 aromatic rings. The number of rotatable bonds is 1. The zero-order valence-corrected chi connectivity index (χ0v) is 12.1. The van der Waals surface area contributed by atoms with Crippen LogP contribution in [0.5, 0.6) is 5.75 Å². The second kappa shape index (κ2) is 5.25. The van der Waals surface area contributed by atoms with Gasteiger partial charge in [-0.15, -0.1) is 0 Å². The number of ether oxygens (including phenoxy) is 1. The van der Waals surface area contributed by atoms with Crippen LogP contribution in [0.4, 0.5) is 0 Å². The van der Waals surface area contributed by atoms with Gasteiger partial charge in [-0.05, 0) is 31.4 Å². The van der Waals surface area contributed by atoms with Crippen LogP contribution >= 0.6 is 0 Å². The van der Waals surface area contributed by atoms with Crippen molar-refractivity contribution in [3.05, 3.63) is 46.6 Å². The van der Waals surface area contributed by atoms with Gasteiger partial charge in [-0.25, -0.2) is 4.79 Å². The lowest BCUT2D eigenvalue weighted by molar-refractivity contribution is -0.0256. The highest BCUT2D eigenvalue weighted by atomic mass is 16.5. The van der Waals surface area contributed by atoms with Gasteiger partial charge in [0.2, 0.25) is 0 Å². The maximum atomic E-state index is 12.3. The Morgan fingerprint density at radius 1 is 1.27 bits per heavy atom. The molecule has 0 spiro atoms. The van der Waals surface area contributed by atoms with Gasteiger partial charge in [0.05, 0.1) is 6.10 Å². The van der Waals surface area contributed by atoms with Crippen molar-refractivity contribution >= 4 is 0 Å². The van der Waals surface area contributed by atoms with Crippen LogP contribution in [0.15, 0.2) is 39.8 Å². The average molecular weight is 299 g/mol. The molecule has 5 heteroatoms. The lowest BCUT2D eigenvalue weighted by Gasteiger charge is -2.39. The molecule has 3 unspecified atom stereocenters. The van der Waals surface area contributed by atoms with Crippen molar-refractivity contribution in [2.45, 2.75) is 37.9 Å². The summed E-state index contributed by atoms with van der Waals surface area (Å²) in [7, 11) is 0. The first-order chi connectivity index (χ1) is 10.7. The standard InChI is InChI=1S/C17H17NO4/c19-16-11-5-1-2-6-12(11)21-14-8-13(22-17(20)15(14)16)10-4-3-7-18-9-10/h3-4,7-9,11-12,16,19H,1-2,5-6H2. The summed E-state index contributed by atoms with van der Waals surface area (Å²) in [6.07, 6.45) is 6.45. The predicted molar refractivity (Wildman–Crippen MR) is 79.5 cm³/mol. The molecule has 0 aromatic carbocycles. The molecule has 1 aliphatic heterocycles. The van der Waals surface area contributed by atoms with E-state index in [0.717, 1.165) is 25.7 Å². The monoisotopic (exact) mass is 299 g/mol. The van der Waals surface area contributed by atoms with Crippen LogP contribution in [0.3, 0.4) is 0 Å². The summed E-state index contributed by atoms with van der Waals surface area (Å²) in [5.74, 6) is 0.859. The van der Waals surface area contributed by atoms with E-state index < -0.39 is 11.7 Å². The summed E-state index contributed by atoms with van der Waals surface area (Å²) in [6.45, 7) is 0. The molecule has 3 heterocycles. The maximum Gasteiger partial charge on any atom is 0.345 e. The molecule has 1 N–H and O–H groups in total. The molecule has 0 bridgehead atoms. The number of pyridine rings is 1. The van der Waals surface area contributed by atoms with Gasteiger partial charge in [-0.3, -0.25) is 4.98 Å². The Kier molecular flexibility index (Phi) is 3.22. The normalized spacial score (nSPS) is 26.7. The zero-order valence-electron chi connectivity index (χ0n) is 12.1. The molecule has 2 aliphatic rings. The Balaban J connectivity index is 1.81. The van der Waals surface area contributed by atoms with E-state index in [1.165, 1.54) is 0 Å². The number of aromatic nitrogens is 1. The highest BCUT2D eigenvalue weighted by Crippen LogP contribution is 2.43. The minimum Gasteiger partial charge on any atom is -0.489 e. The number of nitrogens with zero attached hydrogens (tertiary/aromatic N) is 1. The van der Waals surface area contributed by atoms with E-state index in [-0.39, 0.29) is 17.6 Å². The second-order valence-corrected chi connectivity index (χ2v) is 5.97. The fraction of sp³-hybridized carbons (Fsp3) is 0.412. The van der Waals surface area contributed by atoms with E-state index in [0.29, 0.717) is 17.1 Å². The van der Waals surface area contributed by atoms with Crippen LogP contribution in [0, 0.1) is 5.92 Å². The van der Waals surface area contributed by atoms with Crippen LogP contribution in [0.25, 0.3) is 11.3 Å². The summed E-state index contributed by atoms with van der Waals surface area (Å²) in [5, 5.41) is 10.5. The van der Waals surface area contributed by atoms with Crippen LogP contribution in [-0.2, 0) is 0 Å². The van der Waals surface area contributed by atoms with E-state index in [2.05, 4.69) is 4.98 Å². The van der Waals surface area contributed by atoms with Gasteiger partial charge in [-0.2, -0.15) is 0 Å². The SMILES string of the molecule is O=c1oc(-c2cccnc2)cc2c1C(O)C1CCCCC1O2. The highest BCUT2D eigenvalue weighted by molar-refractivity contribution is 5.58. The van der Waals surface area contributed by atoms with E-state index in [4.69, 9.17) is 9.15 Å². The molecule has 4 rings (SSSR count). The van der Waals surface area contributed by atoms with Crippen molar-refractivity contribution in [2.24, 2.45) is 5.92 Å². The molecule has 0 radical (unpaired) electrons. The quantitative estimate of drug-likeness (QED) is 0.876. The van der Waals surface area contributed by atoms with E-state index in [9.17, 15) is 9.90 Å². The summed E-state index contributed by atoms with van der Waals surface area (Å²) >= 11 is 0. The fourth-order valence-electron chi connectivity index (χ4n) is 3.51. The Hall–Kier alpha value is -2.14. The zero-order chi connectivity index (χ0) is 15.1. The van der Waals surface area contributed by atoms with Gasteiger partial charge in [0.25, 0.3) is 0 Å². The second-order valence-electron chi connectivity index (χ2n) is 5.97. The van der Waals surface area contributed by atoms with Crippen molar-refractivity contribution in [3.8, 4) is 17.1 Å². The minimum atomic E-state index is -0.798. The largest absolute Gasteiger partial charge is 0.489 e. The van der Waals surface area contributed by atoms with Crippen LogP contribution in [-0.4, -0.2) is 16.2 Å². The first-order valence-corrected chi connectivity index (χ1v) is 7.67. The lowest BCUT2D eigenvalue weighted by atomic mass is 9.79. The first kappa shape index (κ1) is 13.5. The van der Waals surface area contributed by atoms with Gasteiger partial charge in [-0.1, -0.05) is 6.42 Å². The number of hydrogen-bond donors (Lipinski definition) is 1. The fourth-order valence-corrected chi connectivity index (χ4v) is 3.51. The Morgan fingerprint density at radius 2 is 2.14 bits per heavy atom. The van der Waals surface area contributed by atoms with Crippen molar-refractivity contribution in [3.63, 3.8) is 0 Å². The summed E-state index contributed by atoms with van der Waals surface area (Å²) in [4.78, 5) is 16.3. The molecule has 114 valence electrons. The summed E-state index contributed by atoms with van der Waals surface area (Å²) in [5.41, 5.74) is 0.454. The highest BCUT2D eigenvalue weighted by Gasteiger charge is 2.41. The Bertz CT molecular complexity index is 740. The number of fused-ring (bicyclic) bond motifs is 2. The molecule has 1 saturated carbocycles. The van der Waals surface area contributed by atoms with E-state index in [1.54, 1.807) is 24.5 Å². The lowest BCUT2D eigenvalue weighted by Crippen LogP contribution is -2.40. The Morgan fingerprint density at radius 3 is 2.95 bits per heavy atom. The molecule has 1 aliphatic carbocycles. The van der Waals surface area contributed by atoms with Gasteiger partial charge in [0, 0.05) is 29.9 Å². The third-order valence-electron chi connectivity index (χ3n) is 4.63. The third-order valence-corrected chi connectivity index (χ3v) is 4.63. The molecular formula is C17H17NO4. The molecule has 0 saturated heterocycles. The van der Waals surface area contributed by atoms with Gasteiger partial charge in [0.15, 0.2) is 0 Å². The van der Waals surface area contributed by atoms with Crippen molar-refractivity contribution < 1.29 is 14.3 Å². The van der Waals surface area contributed by atoms with E-state index >= 15 is 0 Å². The number of hydrogen-bond acceptors (Lipinski definition) is 5. The summed E-state index contributed by atoms with van der Waals surface area (Å²) in [6, 6.07) is 5.30. The molecule has 2 aromatic heterocycles. The van der Waals surface area contributed by atoms with Crippen molar-refractivity contribution in [2.75, 3.05) is 0 Å². The predicted octanol–water partition coefficient (Wildman–Crippen LogP) is 2.69. The number of aliphatic hydroxyl groups excluding tert-OH is 1. The molecule has 22 heavy (non-hydrogen) atoms. The van der Waals surface area contributed by atoms with Crippen LogP contribution in [0.2, 0.25) is 0 Å². The minimum absolute atomic E-state index is 0.00612. The molecule has 3 atom stereocenters. The summed E-state index contributed by atoms with van der Waals surface area (Å²) < 4.78 is 11.4. The van der Waals surface area contributed by atoms with Gasteiger partial charge >= 0.3 is 5.63 Å². The number of aliphatic hydroxyl groups is 1. The van der Waals surface area contributed by atoms with Crippen LogP contribution < -0.4 is 10.4 Å². The molecular weight excluding hydrogens is 282 g/mol. The molecule has 1 fully saturated rings. The van der Waals surface area contributed by atoms with E-state index in [1.807, 2.05) is 6.07 Å². The van der Waals surface area contributed by atoms with Gasteiger partial charge < -0.3 is 14.3 Å². The topological polar surface area (TPSA) is 72.6 Å². The van der Waals surface area contributed by atoms with Crippen LogP contribution in [0.1, 0.15) is 37.4 Å². The molecule has 5 nitrogen and oxygen atoms in total. The smallest absolute Gasteiger partial charge is 0.345 e. The maximum absolute atomic E-state index is 12.3.